The molecule has 1 fully saturated rings. The summed E-state index contributed by atoms with van der Waals surface area (Å²) in [5, 5.41) is 13.8. The number of aromatic amines is 2. The Kier molecular flexibility index (Phi) is 5.68. The van der Waals surface area contributed by atoms with E-state index < -0.39 is 11.6 Å². The van der Waals surface area contributed by atoms with Crippen LogP contribution in [-0.2, 0) is 0 Å². The molecule has 37 heavy (non-hydrogen) atoms. The number of carbonyl (C=O) groups excluding carboxylic acids is 1. The highest BCUT2D eigenvalue weighted by Crippen LogP contribution is 2.30. The van der Waals surface area contributed by atoms with Crippen LogP contribution in [0.5, 0.6) is 0 Å². The summed E-state index contributed by atoms with van der Waals surface area (Å²) in [7, 11) is 2.07. The molecule has 11 heteroatoms. The van der Waals surface area contributed by atoms with Crippen molar-refractivity contribution in [3.63, 3.8) is 0 Å². The van der Waals surface area contributed by atoms with Gasteiger partial charge in [-0.25, -0.2) is 13.8 Å². The van der Waals surface area contributed by atoms with Crippen LogP contribution in [0.1, 0.15) is 10.4 Å². The van der Waals surface area contributed by atoms with E-state index in [2.05, 4.69) is 47.6 Å². The number of anilines is 4. The molecule has 0 atom stereocenters. The fraction of sp³-hybridized carbons (Fsp3) is 0.192. The van der Waals surface area contributed by atoms with Gasteiger partial charge >= 0.3 is 0 Å². The Hall–Kier alpha value is -4.51. The average Bonchev–Trinajstić information content (AvgIpc) is 3.48. The smallest absolute Gasteiger partial charge is 0.257 e. The maximum atomic E-state index is 13.6. The Bertz CT molecular complexity index is 1600. The van der Waals surface area contributed by atoms with E-state index in [1.54, 1.807) is 12.3 Å². The van der Waals surface area contributed by atoms with Crippen LogP contribution in [-0.4, -0.2) is 64.2 Å². The molecule has 3 heterocycles. The van der Waals surface area contributed by atoms with E-state index >= 15 is 0 Å². The number of benzene rings is 3. The Labute approximate surface area is 210 Å². The van der Waals surface area contributed by atoms with Gasteiger partial charge in [0.05, 0.1) is 34.0 Å². The summed E-state index contributed by atoms with van der Waals surface area (Å²) in [6.07, 6.45) is 1.72. The molecule has 2 aromatic heterocycles. The summed E-state index contributed by atoms with van der Waals surface area (Å²) < 4.78 is 27.3. The molecule has 0 bridgehead atoms. The number of nitrogens with zero attached hydrogens (tertiary/aromatic N) is 4. The van der Waals surface area contributed by atoms with Gasteiger partial charge in [-0.1, -0.05) is 0 Å². The number of carbonyl (C=O) groups is 1. The van der Waals surface area contributed by atoms with Crippen LogP contribution in [0.2, 0.25) is 0 Å². The normalized spacial score (nSPS) is 14.4. The quantitative estimate of drug-likeness (QED) is 0.283. The first kappa shape index (κ1) is 22.9. The molecular weight excluding hydrogens is 478 g/mol. The van der Waals surface area contributed by atoms with Crippen LogP contribution in [0, 0.1) is 11.6 Å². The van der Waals surface area contributed by atoms with Crippen LogP contribution >= 0.6 is 0 Å². The van der Waals surface area contributed by atoms with Gasteiger partial charge in [0.1, 0.15) is 11.6 Å². The minimum Gasteiger partial charge on any atom is -0.368 e. The third-order valence-electron chi connectivity index (χ3n) is 6.51. The van der Waals surface area contributed by atoms with E-state index in [-0.39, 0.29) is 11.6 Å². The van der Waals surface area contributed by atoms with Crippen LogP contribution < -0.4 is 15.5 Å². The molecule has 3 aromatic carbocycles. The first-order chi connectivity index (χ1) is 17.9. The number of H-pyrrole nitrogens is 2. The van der Waals surface area contributed by atoms with Gasteiger partial charge in [-0.05, 0) is 49.5 Å². The fourth-order valence-corrected chi connectivity index (χ4v) is 4.57. The molecule has 0 unspecified atom stereocenters. The molecular formula is C26H24F2N8O. The summed E-state index contributed by atoms with van der Waals surface area (Å²) >= 11 is 0. The molecule has 4 N–H and O–H groups in total. The lowest BCUT2D eigenvalue weighted by atomic mass is 10.1. The van der Waals surface area contributed by atoms with Crippen molar-refractivity contribution in [1.82, 2.24) is 25.1 Å². The van der Waals surface area contributed by atoms with Crippen LogP contribution in [0.4, 0.5) is 31.8 Å². The molecule has 0 saturated carbocycles. The van der Waals surface area contributed by atoms with E-state index in [1.807, 2.05) is 24.3 Å². The highest BCUT2D eigenvalue weighted by atomic mass is 19.1. The maximum Gasteiger partial charge on any atom is 0.257 e. The SMILES string of the molecule is CN1CCN(c2cc3nc(Nc4cc(F)cc(F)c4)[nH]c3cc2C(=O)Nc2ccc3cn[nH]c3c2)CC1. The van der Waals surface area contributed by atoms with Crippen LogP contribution in [0.15, 0.2) is 54.7 Å². The van der Waals surface area contributed by atoms with Gasteiger partial charge in [0.15, 0.2) is 0 Å². The number of hydrogen-bond donors (Lipinski definition) is 4. The van der Waals surface area contributed by atoms with Crippen molar-refractivity contribution in [2.24, 2.45) is 0 Å². The minimum atomic E-state index is -0.691. The lowest BCUT2D eigenvalue weighted by Gasteiger charge is -2.35. The zero-order valence-corrected chi connectivity index (χ0v) is 20.0. The molecule has 0 radical (unpaired) electrons. The van der Waals surface area contributed by atoms with E-state index in [9.17, 15) is 13.6 Å². The predicted molar refractivity (Wildman–Crippen MR) is 139 cm³/mol. The predicted octanol–water partition coefficient (Wildman–Crippen LogP) is 4.47. The zero-order chi connectivity index (χ0) is 25.5. The Morgan fingerprint density at radius 3 is 2.51 bits per heavy atom. The molecule has 188 valence electrons. The standard InChI is InChI=1S/C26H24F2N8O/c1-35-4-6-36(7-5-35)24-13-23-22(32-26(33-23)31-19-9-16(27)8-17(28)10-19)12-20(24)25(37)30-18-3-2-15-14-29-34-21(15)11-18/h2-3,8-14H,4-7H2,1H3,(H,29,34)(H,30,37)(H2,31,32,33). The second-order valence-electron chi connectivity index (χ2n) is 9.17. The topological polar surface area (TPSA) is 105 Å². The third kappa shape index (κ3) is 4.68. The van der Waals surface area contributed by atoms with E-state index in [0.29, 0.717) is 28.2 Å². The van der Waals surface area contributed by atoms with Crippen molar-refractivity contribution in [2.75, 3.05) is 48.8 Å². The second kappa shape index (κ2) is 9.17. The van der Waals surface area contributed by atoms with Gasteiger partial charge < -0.3 is 25.4 Å². The van der Waals surface area contributed by atoms with Gasteiger partial charge in [-0.3, -0.25) is 9.89 Å². The van der Waals surface area contributed by atoms with Gasteiger partial charge in [0, 0.05) is 49.0 Å². The first-order valence-corrected chi connectivity index (χ1v) is 11.9. The number of nitrogens with one attached hydrogen (secondary N) is 4. The molecule has 5 aromatic rings. The Morgan fingerprint density at radius 2 is 1.73 bits per heavy atom. The molecule has 6 rings (SSSR count). The van der Waals surface area contributed by atoms with Crippen molar-refractivity contribution in [3.8, 4) is 0 Å². The summed E-state index contributed by atoms with van der Waals surface area (Å²) in [4.78, 5) is 25.6. The Morgan fingerprint density at radius 1 is 0.946 bits per heavy atom. The van der Waals surface area contributed by atoms with Crippen molar-refractivity contribution in [1.29, 1.82) is 0 Å². The molecule has 0 aliphatic carbocycles. The van der Waals surface area contributed by atoms with Gasteiger partial charge in [-0.15, -0.1) is 0 Å². The highest BCUT2D eigenvalue weighted by Gasteiger charge is 2.22. The largest absolute Gasteiger partial charge is 0.368 e. The number of rotatable bonds is 5. The molecule has 0 spiro atoms. The summed E-state index contributed by atoms with van der Waals surface area (Å²) in [5.74, 6) is -1.33. The molecule has 9 nitrogen and oxygen atoms in total. The van der Waals surface area contributed by atoms with Crippen molar-refractivity contribution in [3.05, 3.63) is 71.9 Å². The third-order valence-corrected chi connectivity index (χ3v) is 6.51. The summed E-state index contributed by atoms with van der Waals surface area (Å²) in [5.41, 5.74) is 4.21. The van der Waals surface area contributed by atoms with Gasteiger partial charge in [0.2, 0.25) is 5.95 Å². The van der Waals surface area contributed by atoms with Crippen LogP contribution in [0.3, 0.4) is 0 Å². The number of amides is 1. The lowest BCUT2D eigenvalue weighted by molar-refractivity contribution is 0.102. The zero-order valence-electron chi connectivity index (χ0n) is 20.0. The Balaban J connectivity index is 1.36. The maximum absolute atomic E-state index is 13.6. The van der Waals surface area contributed by atoms with Crippen molar-refractivity contribution >= 4 is 50.9 Å². The second-order valence-corrected chi connectivity index (χ2v) is 9.17. The van der Waals surface area contributed by atoms with E-state index in [4.69, 9.17) is 0 Å². The minimum absolute atomic E-state index is 0.225. The number of halogens is 2. The van der Waals surface area contributed by atoms with Crippen LogP contribution in [0.25, 0.3) is 21.9 Å². The lowest BCUT2D eigenvalue weighted by Crippen LogP contribution is -2.45. The summed E-state index contributed by atoms with van der Waals surface area (Å²) in [6, 6.07) is 12.4. The molecule has 1 amide bonds. The molecule has 1 aliphatic rings. The first-order valence-electron chi connectivity index (χ1n) is 11.9. The average molecular weight is 503 g/mol. The summed E-state index contributed by atoms with van der Waals surface area (Å²) in [6.45, 7) is 3.27. The monoisotopic (exact) mass is 502 g/mol. The fourth-order valence-electron chi connectivity index (χ4n) is 4.57. The number of aromatic nitrogens is 4. The number of hydrogen-bond acceptors (Lipinski definition) is 6. The number of fused-ring (bicyclic) bond motifs is 2. The van der Waals surface area contributed by atoms with Gasteiger partial charge in [0.25, 0.3) is 5.91 Å². The number of piperazine rings is 1. The highest BCUT2D eigenvalue weighted by molar-refractivity contribution is 6.11. The van der Waals surface area contributed by atoms with Crippen molar-refractivity contribution < 1.29 is 13.6 Å². The number of imidazole rings is 1. The van der Waals surface area contributed by atoms with Crippen molar-refractivity contribution in [2.45, 2.75) is 0 Å². The molecule has 1 saturated heterocycles. The van der Waals surface area contributed by atoms with Gasteiger partial charge in [-0.2, -0.15) is 5.10 Å². The van der Waals surface area contributed by atoms with E-state index in [1.165, 1.54) is 12.1 Å². The molecule has 1 aliphatic heterocycles. The van der Waals surface area contributed by atoms with E-state index in [0.717, 1.165) is 48.8 Å². The number of likely N-dealkylation sites (N-methyl/N-ethyl adjacent to an activating group) is 1.